The maximum absolute atomic E-state index is 14.3. The summed E-state index contributed by atoms with van der Waals surface area (Å²) in [7, 11) is 7.01. The van der Waals surface area contributed by atoms with Crippen molar-refractivity contribution in [3.05, 3.63) is 0 Å². The van der Waals surface area contributed by atoms with Crippen molar-refractivity contribution in [3.63, 3.8) is 0 Å². The van der Waals surface area contributed by atoms with Gasteiger partial charge in [0.2, 0.25) is 0 Å². The molecule has 0 aromatic heterocycles. The first-order valence-corrected chi connectivity index (χ1v) is 19.3. The van der Waals surface area contributed by atoms with Gasteiger partial charge in [-0.25, -0.2) is 0 Å². The number of hydrogen-bond donors (Lipinski definition) is 6. The van der Waals surface area contributed by atoms with Crippen molar-refractivity contribution >= 4 is 5.97 Å². The molecule has 15 nitrogen and oxygen atoms in total. The van der Waals surface area contributed by atoms with Gasteiger partial charge in [-0.1, -0.05) is 20.8 Å². The van der Waals surface area contributed by atoms with E-state index in [1.54, 1.807) is 41.5 Å². The van der Waals surface area contributed by atoms with E-state index in [1.165, 1.54) is 14.0 Å². The van der Waals surface area contributed by atoms with Crippen LogP contribution in [-0.2, 0) is 33.2 Å². The number of carbonyl (C=O) groups is 1. The third-order valence-electron chi connectivity index (χ3n) is 12.2. The number of esters is 1. The van der Waals surface area contributed by atoms with Gasteiger partial charge in [0, 0.05) is 38.1 Å². The molecule has 0 aromatic carbocycles. The van der Waals surface area contributed by atoms with Crippen LogP contribution in [0.25, 0.3) is 0 Å². The topological polar surface area (TPSA) is 200 Å². The minimum absolute atomic E-state index is 0.0551. The lowest BCUT2D eigenvalue weighted by molar-refractivity contribution is -0.319. The summed E-state index contributed by atoms with van der Waals surface area (Å²) in [6.07, 6.45) is -9.33. The molecular formula is C38H72N2O13. The highest BCUT2D eigenvalue weighted by Crippen LogP contribution is 2.40. The lowest BCUT2D eigenvalue weighted by atomic mass is 9.77. The number of cyclic esters (lactones) is 1. The Morgan fingerprint density at radius 2 is 1.58 bits per heavy atom. The monoisotopic (exact) mass is 765 g/mol. The summed E-state index contributed by atoms with van der Waals surface area (Å²) < 4.78 is 37.3. The molecule has 3 saturated heterocycles. The normalized spacial score (nSPS) is 48.9. The maximum atomic E-state index is 14.3. The van der Waals surface area contributed by atoms with Gasteiger partial charge < -0.3 is 68.9 Å². The van der Waals surface area contributed by atoms with E-state index in [0.29, 0.717) is 13.0 Å². The first kappa shape index (κ1) is 46.3. The van der Waals surface area contributed by atoms with Gasteiger partial charge in [-0.05, 0) is 87.9 Å². The van der Waals surface area contributed by atoms with Crippen LogP contribution in [0.4, 0.5) is 0 Å². The SMILES string of the molecule is CCC1OC(=O)C(CO)[C@@H](O[C@H]2C[C@@](C)(OC)[C@@H](O)[C@H](C)O2)[C@H](C)C(O[C@@H]2O[C@H](C)C[C@H](N(C)C)[C@H]2O)[C@](C)(O)C[C@@H](C)CN(C)[C@H](C)[C@@H](O)[C@]1(C)O. The van der Waals surface area contributed by atoms with E-state index in [-0.39, 0.29) is 37.3 Å². The Hall–Kier alpha value is -1.05. The van der Waals surface area contributed by atoms with Gasteiger partial charge in [-0.2, -0.15) is 0 Å². The van der Waals surface area contributed by atoms with Crippen molar-refractivity contribution in [2.45, 2.75) is 178 Å². The number of ether oxygens (including phenoxy) is 6. The summed E-state index contributed by atoms with van der Waals surface area (Å²) in [4.78, 5) is 18.1. The molecule has 0 radical (unpaired) electrons. The van der Waals surface area contributed by atoms with E-state index in [1.807, 2.05) is 44.8 Å². The Bertz CT molecular complexity index is 1160. The molecule has 6 N–H and O–H groups in total. The summed E-state index contributed by atoms with van der Waals surface area (Å²) in [6, 6.07) is -0.898. The second kappa shape index (κ2) is 18.5. The van der Waals surface area contributed by atoms with Crippen LogP contribution in [-0.4, -0.2) is 178 Å². The minimum Gasteiger partial charge on any atom is -0.459 e. The van der Waals surface area contributed by atoms with E-state index in [0.717, 1.165) is 0 Å². The Kier molecular flexibility index (Phi) is 16.2. The molecule has 3 fully saturated rings. The van der Waals surface area contributed by atoms with E-state index < -0.39 is 103 Å². The highest BCUT2D eigenvalue weighted by atomic mass is 16.7. The molecule has 312 valence electrons. The Labute approximate surface area is 316 Å². The van der Waals surface area contributed by atoms with Crippen LogP contribution in [0.2, 0.25) is 0 Å². The first-order chi connectivity index (χ1) is 24.4. The zero-order chi connectivity index (χ0) is 40.4. The van der Waals surface area contributed by atoms with Crippen molar-refractivity contribution in [1.82, 2.24) is 9.80 Å². The second-order valence-corrected chi connectivity index (χ2v) is 17.2. The van der Waals surface area contributed by atoms with Crippen LogP contribution < -0.4 is 0 Å². The Balaban J connectivity index is 2.21. The maximum Gasteiger partial charge on any atom is 0.314 e. The predicted molar refractivity (Wildman–Crippen MR) is 196 cm³/mol. The smallest absolute Gasteiger partial charge is 0.314 e. The third-order valence-corrected chi connectivity index (χ3v) is 12.2. The first-order valence-electron chi connectivity index (χ1n) is 19.3. The van der Waals surface area contributed by atoms with Gasteiger partial charge in [0.1, 0.15) is 35.9 Å². The summed E-state index contributed by atoms with van der Waals surface area (Å²) in [6.45, 7) is 15.2. The number of nitrogens with zero attached hydrogens (tertiary/aromatic N) is 2. The van der Waals surface area contributed by atoms with Crippen molar-refractivity contribution in [2.75, 3.05) is 41.4 Å². The number of carbonyl (C=O) groups excluding carboxylic acids is 1. The molecule has 0 bridgehead atoms. The fourth-order valence-electron chi connectivity index (χ4n) is 8.78. The minimum atomic E-state index is -1.88. The van der Waals surface area contributed by atoms with E-state index in [4.69, 9.17) is 28.4 Å². The lowest BCUT2D eigenvalue weighted by Crippen LogP contribution is -2.61. The molecule has 18 atom stereocenters. The molecule has 3 unspecified atom stereocenters. The highest BCUT2D eigenvalue weighted by molar-refractivity contribution is 5.73. The van der Waals surface area contributed by atoms with Crippen LogP contribution in [0.1, 0.15) is 88.0 Å². The van der Waals surface area contributed by atoms with Crippen LogP contribution in [0.3, 0.4) is 0 Å². The standard InChI is InChI=1S/C38H72N2O13/c1-14-27-38(9,47)31(43)23(5)40(12)18-20(2)16-36(7,46)33(53-35-29(42)26(39(10)11)15-21(3)49-35)22(4)30(25(19-41)34(45)51-27)52-28-17-37(8,48-13)32(44)24(6)50-28/h20-33,35,41-44,46-47H,14-19H2,1-13H3/t20-,21-,22+,23-,24+,25?,26+,27?,28+,29-,30+,31-,32+,33?,35+,36-,37-,38-/m1/s1. The Morgan fingerprint density at radius 1 is 0.962 bits per heavy atom. The quantitative estimate of drug-likeness (QED) is 0.190. The molecule has 0 amide bonds. The highest BCUT2D eigenvalue weighted by Gasteiger charge is 2.53. The number of methoxy groups -OCH3 is 1. The molecule has 0 aromatic rings. The molecular weight excluding hydrogens is 692 g/mol. The predicted octanol–water partition coefficient (Wildman–Crippen LogP) is 0.873. The van der Waals surface area contributed by atoms with Crippen molar-refractivity contribution in [1.29, 1.82) is 0 Å². The molecule has 15 heteroatoms. The largest absolute Gasteiger partial charge is 0.459 e. The average Bonchev–Trinajstić information content (AvgIpc) is 3.07. The van der Waals surface area contributed by atoms with Crippen molar-refractivity contribution < 1.29 is 63.9 Å². The molecule has 53 heavy (non-hydrogen) atoms. The van der Waals surface area contributed by atoms with Crippen molar-refractivity contribution in [2.24, 2.45) is 17.8 Å². The summed E-state index contributed by atoms with van der Waals surface area (Å²) in [5, 5.41) is 69.1. The molecule has 0 saturated carbocycles. The second-order valence-electron chi connectivity index (χ2n) is 17.2. The average molecular weight is 765 g/mol. The van der Waals surface area contributed by atoms with Gasteiger partial charge >= 0.3 is 5.97 Å². The zero-order valence-corrected chi connectivity index (χ0v) is 34.3. The Morgan fingerprint density at radius 3 is 2.13 bits per heavy atom. The van der Waals surface area contributed by atoms with E-state index >= 15 is 0 Å². The van der Waals surface area contributed by atoms with Crippen LogP contribution in [0.5, 0.6) is 0 Å². The van der Waals surface area contributed by atoms with Crippen LogP contribution in [0.15, 0.2) is 0 Å². The lowest BCUT2D eigenvalue weighted by Gasteiger charge is -2.49. The third kappa shape index (κ3) is 10.5. The van der Waals surface area contributed by atoms with Gasteiger partial charge in [0.25, 0.3) is 0 Å². The van der Waals surface area contributed by atoms with Gasteiger partial charge in [-0.3, -0.25) is 4.79 Å². The van der Waals surface area contributed by atoms with Gasteiger partial charge in [0.15, 0.2) is 12.6 Å². The van der Waals surface area contributed by atoms with Gasteiger partial charge in [-0.15, -0.1) is 0 Å². The number of rotatable bonds is 8. The number of aliphatic hydroxyl groups excluding tert-OH is 4. The molecule has 3 heterocycles. The molecule has 0 spiro atoms. The van der Waals surface area contributed by atoms with E-state index in [9.17, 15) is 35.4 Å². The molecule has 0 aliphatic carbocycles. The van der Waals surface area contributed by atoms with Gasteiger partial charge in [0.05, 0.1) is 42.2 Å². The van der Waals surface area contributed by atoms with E-state index in [2.05, 4.69) is 0 Å². The fraction of sp³-hybridized carbons (Fsp3) is 0.974. The number of likely N-dealkylation sites (N-methyl/N-ethyl adjacent to an activating group) is 2. The van der Waals surface area contributed by atoms with Crippen LogP contribution >= 0.6 is 0 Å². The van der Waals surface area contributed by atoms with Crippen LogP contribution in [0, 0.1) is 17.8 Å². The summed E-state index contributed by atoms with van der Waals surface area (Å²) in [5.41, 5.74) is -4.60. The number of aliphatic hydroxyl groups is 6. The van der Waals surface area contributed by atoms with Crippen molar-refractivity contribution in [3.8, 4) is 0 Å². The summed E-state index contributed by atoms with van der Waals surface area (Å²) >= 11 is 0. The molecule has 3 aliphatic rings. The summed E-state index contributed by atoms with van der Waals surface area (Å²) in [5.74, 6) is -3.40. The molecule has 3 aliphatic heterocycles. The molecule has 3 rings (SSSR count). The zero-order valence-electron chi connectivity index (χ0n) is 34.3. The fourth-order valence-corrected chi connectivity index (χ4v) is 8.78. The number of hydrogen-bond acceptors (Lipinski definition) is 15.